The summed E-state index contributed by atoms with van der Waals surface area (Å²) >= 11 is 5.65. The van der Waals surface area contributed by atoms with Crippen molar-refractivity contribution in [1.29, 1.82) is 0 Å². The van der Waals surface area contributed by atoms with Crippen molar-refractivity contribution in [2.24, 2.45) is 0 Å². The smallest absolute Gasteiger partial charge is 0.310 e. The molecule has 0 aliphatic rings. The third-order valence-corrected chi connectivity index (χ3v) is 2.98. The fourth-order valence-electron chi connectivity index (χ4n) is 1.90. The van der Waals surface area contributed by atoms with Gasteiger partial charge in [-0.05, 0) is 31.5 Å². The van der Waals surface area contributed by atoms with E-state index in [0.717, 1.165) is 0 Å². The van der Waals surface area contributed by atoms with Crippen LogP contribution in [0.4, 0.5) is 17.6 Å². The molecular weight excluding hydrogens is 282 g/mol. The average molecular weight is 298 g/mol. The summed E-state index contributed by atoms with van der Waals surface area (Å²) in [7, 11) is 0. The third-order valence-electron chi connectivity index (χ3n) is 2.74. The van der Waals surface area contributed by atoms with Crippen LogP contribution in [0.2, 0.25) is 5.02 Å². The second kappa shape index (κ2) is 7.10. The van der Waals surface area contributed by atoms with Gasteiger partial charge in [0, 0.05) is 23.0 Å². The summed E-state index contributed by atoms with van der Waals surface area (Å²) in [6, 6.07) is 3.79. The summed E-state index contributed by atoms with van der Waals surface area (Å²) in [5, 5.41) is 3.27. The van der Waals surface area contributed by atoms with E-state index in [2.05, 4.69) is 5.32 Å². The van der Waals surface area contributed by atoms with Crippen molar-refractivity contribution in [2.75, 3.05) is 6.54 Å². The molecule has 0 radical (unpaired) electrons. The Morgan fingerprint density at radius 2 is 2.00 bits per heavy atom. The van der Waals surface area contributed by atoms with Crippen molar-refractivity contribution >= 4 is 11.6 Å². The van der Waals surface area contributed by atoms with Gasteiger partial charge in [0.15, 0.2) is 0 Å². The predicted molar refractivity (Wildman–Crippen MR) is 67.7 cm³/mol. The normalized spacial score (nSPS) is 13.6. The standard InChI is InChI=1S/C13H16ClF4N/c1-2-19-12(4-3-7-13(16,17)18)10-6-5-9(14)8-11(10)15/h5-6,8,12,19H,2-4,7H2,1H3. The summed E-state index contributed by atoms with van der Waals surface area (Å²) in [4.78, 5) is 0. The lowest BCUT2D eigenvalue weighted by Gasteiger charge is -2.19. The highest BCUT2D eigenvalue weighted by atomic mass is 35.5. The van der Waals surface area contributed by atoms with E-state index < -0.39 is 24.5 Å². The first-order valence-corrected chi connectivity index (χ1v) is 6.46. The Morgan fingerprint density at radius 3 is 2.53 bits per heavy atom. The molecule has 0 aromatic heterocycles. The van der Waals surface area contributed by atoms with Crippen LogP contribution in [0, 0.1) is 5.82 Å². The molecule has 0 fully saturated rings. The number of hydrogen-bond donors (Lipinski definition) is 1. The molecule has 1 nitrogen and oxygen atoms in total. The Kier molecular flexibility index (Phi) is 6.07. The van der Waals surface area contributed by atoms with Crippen molar-refractivity contribution in [1.82, 2.24) is 5.32 Å². The number of halogens is 5. The molecule has 0 saturated carbocycles. The van der Waals surface area contributed by atoms with Gasteiger partial charge >= 0.3 is 6.18 Å². The van der Waals surface area contributed by atoms with Gasteiger partial charge in [-0.15, -0.1) is 0 Å². The van der Waals surface area contributed by atoms with Crippen LogP contribution < -0.4 is 5.32 Å². The molecule has 19 heavy (non-hydrogen) atoms. The molecular formula is C13H16ClF4N. The average Bonchev–Trinajstić information content (AvgIpc) is 2.26. The van der Waals surface area contributed by atoms with Gasteiger partial charge in [-0.1, -0.05) is 24.6 Å². The quantitative estimate of drug-likeness (QED) is 0.739. The topological polar surface area (TPSA) is 12.0 Å². The highest BCUT2D eigenvalue weighted by molar-refractivity contribution is 6.30. The van der Waals surface area contributed by atoms with Gasteiger partial charge in [0.25, 0.3) is 0 Å². The number of rotatable bonds is 6. The molecule has 1 aromatic carbocycles. The lowest BCUT2D eigenvalue weighted by Crippen LogP contribution is -2.22. The maximum Gasteiger partial charge on any atom is 0.389 e. The number of alkyl halides is 3. The minimum Gasteiger partial charge on any atom is -0.310 e. The Bertz CT molecular complexity index is 406. The van der Waals surface area contributed by atoms with Gasteiger partial charge in [-0.25, -0.2) is 4.39 Å². The summed E-state index contributed by atoms with van der Waals surface area (Å²) in [5.74, 6) is -0.495. The Balaban J connectivity index is 2.71. The van der Waals surface area contributed by atoms with Gasteiger partial charge < -0.3 is 5.32 Å². The summed E-state index contributed by atoms with van der Waals surface area (Å²) in [6.45, 7) is 2.38. The van der Waals surface area contributed by atoms with Crippen LogP contribution in [0.1, 0.15) is 37.8 Å². The lowest BCUT2D eigenvalue weighted by atomic mass is 10.00. The van der Waals surface area contributed by atoms with Crippen LogP contribution in [0.15, 0.2) is 18.2 Å². The molecule has 0 bridgehead atoms. The second-order valence-electron chi connectivity index (χ2n) is 4.28. The van der Waals surface area contributed by atoms with E-state index in [1.165, 1.54) is 18.2 Å². The van der Waals surface area contributed by atoms with Crippen molar-refractivity contribution in [2.45, 2.75) is 38.4 Å². The van der Waals surface area contributed by atoms with Crippen LogP contribution in [-0.4, -0.2) is 12.7 Å². The van der Waals surface area contributed by atoms with E-state index >= 15 is 0 Å². The first-order valence-electron chi connectivity index (χ1n) is 6.08. The van der Waals surface area contributed by atoms with Gasteiger partial charge in [0.2, 0.25) is 0 Å². The van der Waals surface area contributed by atoms with Crippen molar-refractivity contribution in [3.8, 4) is 0 Å². The van der Waals surface area contributed by atoms with Gasteiger partial charge in [-0.3, -0.25) is 0 Å². The Hall–Kier alpha value is -0.810. The third kappa shape index (κ3) is 5.78. The van der Waals surface area contributed by atoms with Crippen LogP contribution in [-0.2, 0) is 0 Å². The molecule has 0 heterocycles. The molecule has 0 spiro atoms. The van der Waals surface area contributed by atoms with E-state index in [9.17, 15) is 17.6 Å². The molecule has 1 unspecified atom stereocenters. The van der Waals surface area contributed by atoms with E-state index in [0.29, 0.717) is 12.1 Å². The van der Waals surface area contributed by atoms with Gasteiger partial charge in [-0.2, -0.15) is 13.2 Å². The van der Waals surface area contributed by atoms with Crippen LogP contribution in [0.25, 0.3) is 0 Å². The summed E-state index contributed by atoms with van der Waals surface area (Å²) < 4.78 is 50.1. The summed E-state index contributed by atoms with van der Waals surface area (Å²) in [5.41, 5.74) is 0.355. The van der Waals surface area contributed by atoms with Crippen LogP contribution in [0.3, 0.4) is 0 Å². The zero-order chi connectivity index (χ0) is 14.5. The zero-order valence-corrected chi connectivity index (χ0v) is 11.3. The molecule has 1 aromatic rings. The lowest BCUT2D eigenvalue weighted by molar-refractivity contribution is -0.135. The van der Waals surface area contributed by atoms with Crippen LogP contribution in [0.5, 0.6) is 0 Å². The summed E-state index contributed by atoms with van der Waals surface area (Å²) in [6.07, 6.45) is -4.84. The fourth-order valence-corrected chi connectivity index (χ4v) is 2.06. The highest BCUT2D eigenvalue weighted by Gasteiger charge is 2.27. The minimum atomic E-state index is -4.17. The largest absolute Gasteiger partial charge is 0.389 e. The molecule has 108 valence electrons. The Morgan fingerprint density at radius 1 is 1.32 bits per heavy atom. The maximum absolute atomic E-state index is 13.7. The molecule has 1 N–H and O–H groups in total. The molecule has 0 aliphatic heterocycles. The van der Waals surface area contributed by atoms with E-state index in [4.69, 9.17) is 11.6 Å². The predicted octanol–water partition coefficient (Wildman–Crippen LogP) is 4.86. The second-order valence-corrected chi connectivity index (χ2v) is 4.72. The molecule has 1 rings (SSSR count). The van der Waals surface area contributed by atoms with Crippen molar-refractivity contribution in [3.63, 3.8) is 0 Å². The van der Waals surface area contributed by atoms with Crippen LogP contribution >= 0.6 is 11.6 Å². The molecule has 0 aliphatic carbocycles. The van der Waals surface area contributed by atoms with Crippen molar-refractivity contribution < 1.29 is 17.6 Å². The zero-order valence-electron chi connectivity index (χ0n) is 10.5. The Labute approximate surface area is 115 Å². The first kappa shape index (κ1) is 16.2. The molecule has 0 amide bonds. The molecule has 1 atom stereocenters. The minimum absolute atomic E-state index is 0.0385. The molecule has 0 saturated heterocycles. The number of hydrogen-bond acceptors (Lipinski definition) is 1. The van der Waals surface area contributed by atoms with E-state index in [1.807, 2.05) is 6.92 Å². The first-order chi connectivity index (χ1) is 8.83. The van der Waals surface area contributed by atoms with Crippen molar-refractivity contribution in [3.05, 3.63) is 34.6 Å². The number of nitrogens with one attached hydrogen (secondary N) is 1. The SMILES string of the molecule is CCNC(CCCC(F)(F)F)c1ccc(Cl)cc1F. The van der Waals surface area contributed by atoms with E-state index in [1.54, 1.807) is 0 Å². The van der Waals surface area contributed by atoms with Gasteiger partial charge in [0.05, 0.1) is 0 Å². The highest BCUT2D eigenvalue weighted by Crippen LogP contribution is 2.28. The molecule has 6 heteroatoms. The maximum atomic E-state index is 13.7. The van der Waals surface area contributed by atoms with Gasteiger partial charge in [0.1, 0.15) is 5.82 Å². The monoisotopic (exact) mass is 297 g/mol. The fraction of sp³-hybridized carbons (Fsp3) is 0.538. The number of benzene rings is 1. The van der Waals surface area contributed by atoms with E-state index in [-0.39, 0.29) is 17.9 Å².